The molecule has 0 radical (unpaired) electrons. The maximum absolute atomic E-state index is 10.4. The first-order valence-electron chi connectivity index (χ1n) is 9.34. The van der Waals surface area contributed by atoms with Crippen molar-refractivity contribution in [2.24, 2.45) is 0 Å². The average molecular weight is 407 g/mol. The molecule has 0 aliphatic carbocycles. The fourth-order valence-corrected chi connectivity index (χ4v) is 3.53. The van der Waals surface area contributed by atoms with Crippen LogP contribution in [0.3, 0.4) is 0 Å². The zero-order chi connectivity index (χ0) is 20.8. The van der Waals surface area contributed by atoms with Gasteiger partial charge >= 0.3 is 0 Å². The average Bonchev–Trinajstić information content (AvgIpc) is 2.82. The predicted octanol–water partition coefficient (Wildman–Crippen LogP) is 2.88. The van der Waals surface area contributed by atoms with Gasteiger partial charge in [-0.15, -0.1) is 0 Å². The fourth-order valence-electron chi connectivity index (χ4n) is 3.06. The molecular weight excluding hydrogens is 376 g/mol. The molecule has 154 valence electrons. The van der Waals surface area contributed by atoms with Crippen LogP contribution in [0.1, 0.15) is 12.0 Å². The van der Waals surface area contributed by atoms with Gasteiger partial charge in [0.2, 0.25) is 0 Å². The highest BCUT2D eigenvalue weighted by Gasteiger charge is 2.21. The zero-order valence-corrected chi connectivity index (χ0v) is 17.9. The summed E-state index contributed by atoms with van der Waals surface area (Å²) in [5.74, 6) is 0.930. The highest BCUT2D eigenvalue weighted by atomic mass is 32.2. The third kappa shape index (κ3) is 6.82. The minimum absolute atomic E-state index is 0.178. The van der Waals surface area contributed by atoms with Crippen LogP contribution in [0, 0.1) is 6.92 Å². The summed E-state index contributed by atoms with van der Waals surface area (Å²) in [4.78, 5) is 2.30. The van der Waals surface area contributed by atoms with E-state index in [9.17, 15) is 13.0 Å². The van der Waals surface area contributed by atoms with Gasteiger partial charge in [0.1, 0.15) is 15.9 Å². The Bertz CT molecular complexity index is 847. The van der Waals surface area contributed by atoms with E-state index < -0.39 is 10.1 Å². The Hall–Kier alpha value is -2.09. The van der Waals surface area contributed by atoms with Crippen molar-refractivity contribution in [3.05, 3.63) is 54.1 Å². The first-order valence-corrected chi connectivity index (χ1v) is 10.8. The minimum atomic E-state index is -4.27. The summed E-state index contributed by atoms with van der Waals surface area (Å²) in [6.45, 7) is 6.60. The van der Waals surface area contributed by atoms with Gasteiger partial charge in [-0.1, -0.05) is 17.7 Å². The highest BCUT2D eigenvalue weighted by molar-refractivity contribution is 7.85. The van der Waals surface area contributed by atoms with Gasteiger partial charge < -0.3 is 18.7 Å². The van der Waals surface area contributed by atoms with Crippen molar-refractivity contribution in [3.8, 4) is 5.75 Å². The second-order valence-corrected chi connectivity index (χ2v) is 9.07. The normalized spacial score (nSPS) is 16.5. The van der Waals surface area contributed by atoms with Crippen molar-refractivity contribution >= 4 is 15.8 Å². The van der Waals surface area contributed by atoms with E-state index in [1.54, 1.807) is 19.2 Å². The van der Waals surface area contributed by atoms with Crippen molar-refractivity contribution in [1.82, 2.24) is 0 Å². The second-order valence-electron chi connectivity index (χ2n) is 7.69. The Balaban J connectivity index is 0.000000221. The SMILES string of the molecule is COc1ccc(N2CCC[N+](C)(C)CC2)cc1.Cc1ccc(S(=O)(=O)[O-])cc1. The first-order chi connectivity index (χ1) is 13.1. The molecule has 1 fully saturated rings. The van der Waals surface area contributed by atoms with Gasteiger partial charge in [0.15, 0.2) is 0 Å². The van der Waals surface area contributed by atoms with Crippen LogP contribution in [0.2, 0.25) is 0 Å². The largest absolute Gasteiger partial charge is 0.744 e. The lowest BCUT2D eigenvalue weighted by atomic mass is 10.2. The van der Waals surface area contributed by atoms with Crippen molar-refractivity contribution < 1.29 is 22.2 Å². The standard InChI is InChI=1S/C14H23N2O.C7H8O3S/c1-16(2)11-4-9-15(10-12-16)13-5-7-14(17-3)8-6-13;1-6-2-4-7(5-3-6)11(8,9)10/h5-8H,4,9-12H2,1-3H3;2-5H,1H3,(H,8,9,10)/q+1;/p-1. The Labute approximate surface area is 168 Å². The van der Waals surface area contributed by atoms with E-state index in [4.69, 9.17) is 4.74 Å². The summed E-state index contributed by atoms with van der Waals surface area (Å²) < 4.78 is 37.5. The Kier molecular flexibility index (Phi) is 7.46. The number of anilines is 1. The molecule has 0 saturated carbocycles. The molecule has 6 nitrogen and oxygen atoms in total. The highest BCUT2D eigenvalue weighted by Crippen LogP contribution is 2.21. The lowest BCUT2D eigenvalue weighted by Gasteiger charge is -2.28. The smallest absolute Gasteiger partial charge is 0.124 e. The van der Waals surface area contributed by atoms with Gasteiger partial charge in [-0.3, -0.25) is 0 Å². The maximum atomic E-state index is 10.4. The van der Waals surface area contributed by atoms with Gasteiger partial charge in [0.25, 0.3) is 0 Å². The van der Waals surface area contributed by atoms with Crippen molar-refractivity contribution in [2.75, 3.05) is 52.3 Å². The topological polar surface area (TPSA) is 69.7 Å². The molecule has 7 heteroatoms. The zero-order valence-electron chi connectivity index (χ0n) is 17.1. The summed E-state index contributed by atoms with van der Waals surface area (Å²) >= 11 is 0. The van der Waals surface area contributed by atoms with Crippen molar-refractivity contribution in [3.63, 3.8) is 0 Å². The molecular formula is C21H30N2O4S. The van der Waals surface area contributed by atoms with Crippen LogP contribution in [0.4, 0.5) is 5.69 Å². The van der Waals surface area contributed by atoms with Gasteiger partial charge in [-0.05, 0) is 43.3 Å². The Morgan fingerprint density at radius 3 is 2.11 bits per heavy atom. The molecule has 0 atom stereocenters. The minimum Gasteiger partial charge on any atom is -0.744 e. The number of ether oxygens (including phenoxy) is 1. The lowest BCUT2D eigenvalue weighted by molar-refractivity contribution is -0.887. The molecule has 2 aromatic rings. The number of benzene rings is 2. The third-order valence-electron chi connectivity index (χ3n) is 4.91. The molecule has 0 unspecified atom stereocenters. The van der Waals surface area contributed by atoms with Gasteiger partial charge in [0, 0.05) is 18.7 Å². The van der Waals surface area contributed by atoms with Gasteiger partial charge in [-0.2, -0.15) is 0 Å². The molecule has 0 bridgehead atoms. The van der Waals surface area contributed by atoms with Crippen LogP contribution in [0.25, 0.3) is 0 Å². The van der Waals surface area contributed by atoms with E-state index in [2.05, 4.69) is 31.1 Å². The molecule has 3 rings (SSSR count). The van der Waals surface area contributed by atoms with E-state index >= 15 is 0 Å². The molecule has 1 aliphatic rings. The summed E-state index contributed by atoms with van der Waals surface area (Å²) in [6.07, 6.45) is 1.26. The summed E-state index contributed by atoms with van der Waals surface area (Å²) in [5, 5.41) is 0. The number of hydrogen-bond donors (Lipinski definition) is 0. The molecule has 1 heterocycles. The van der Waals surface area contributed by atoms with E-state index in [1.807, 2.05) is 19.1 Å². The predicted molar refractivity (Wildman–Crippen MR) is 111 cm³/mol. The molecule has 0 amide bonds. The monoisotopic (exact) mass is 406 g/mol. The van der Waals surface area contributed by atoms with Gasteiger partial charge in [0.05, 0.1) is 45.7 Å². The van der Waals surface area contributed by atoms with Crippen molar-refractivity contribution in [2.45, 2.75) is 18.2 Å². The number of aryl methyl sites for hydroxylation is 1. The molecule has 0 N–H and O–H groups in total. The molecule has 2 aromatic carbocycles. The van der Waals surface area contributed by atoms with E-state index in [0.717, 1.165) is 28.9 Å². The summed E-state index contributed by atoms with van der Waals surface area (Å²) in [7, 11) is 2.07. The number of quaternary nitrogens is 1. The van der Waals surface area contributed by atoms with E-state index in [0.29, 0.717) is 0 Å². The Morgan fingerprint density at radius 1 is 0.964 bits per heavy atom. The maximum Gasteiger partial charge on any atom is 0.124 e. The lowest BCUT2D eigenvalue weighted by Crippen LogP contribution is -2.42. The van der Waals surface area contributed by atoms with E-state index in [1.165, 1.54) is 37.3 Å². The van der Waals surface area contributed by atoms with Crippen molar-refractivity contribution in [1.29, 1.82) is 0 Å². The van der Waals surface area contributed by atoms with E-state index in [-0.39, 0.29) is 4.90 Å². The number of nitrogens with zero attached hydrogens (tertiary/aromatic N) is 2. The van der Waals surface area contributed by atoms with Crippen LogP contribution >= 0.6 is 0 Å². The van der Waals surface area contributed by atoms with Crippen LogP contribution in [0.5, 0.6) is 5.75 Å². The molecule has 1 aliphatic heterocycles. The quantitative estimate of drug-likeness (QED) is 0.579. The number of likely N-dealkylation sites (N-methyl/N-ethyl adjacent to an activating group) is 1. The van der Waals surface area contributed by atoms with Crippen LogP contribution < -0.4 is 9.64 Å². The number of rotatable bonds is 3. The summed E-state index contributed by atoms with van der Waals surface area (Å²) in [6, 6.07) is 14.2. The van der Waals surface area contributed by atoms with Gasteiger partial charge in [-0.25, -0.2) is 8.42 Å². The second kappa shape index (κ2) is 9.41. The molecule has 0 spiro atoms. The number of hydrogen-bond acceptors (Lipinski definition) is 5. The first kappa shape index (κ1) is 22.2. The Morgan fingerprint density at radius 2 is 1.57 bits per heavy atom. The van der Waals surface area contributed by atoms with Crippen LogP contribution in [-0.4, -0.2) is 64.8 Å². The fraction of sp³-hybridized carbons (Fsp3) is 0.429. The number of methoxy groups -OCH3 is 1. The third-order valence-corrected chi connectivity index (χ3v) is 5.76. The molecule has 28 heavy (non-hydrogen) atoms. The molecule has 1 saturated heterocycles. The summed E-state index contributed by atoms with van der Waals surface area (Å²) in [5.41, 5.74) is 2.24. The van der Waals surface area contributed by atoms with Crippen LogP contribution in [0.15, 0.2) is 53.4 Å². The molecule has 0 aromatic heterocycles. The van der Waals surface area contributed by atoms with Crippen LogP contribution in [-0.2, 0) is 10.1 Å².